The van der Waals surface area contributed by atoms with Crippen molar-refractivity contribution in [3.8, 4) is 0 Å². The summed E-state index contributed by atoms with van der Waals surface area (Å²) in [6, 6.07) is 9.75. The van der Waals surface area contributed by atoms with Crippen molar-refractivity contribution >= 4 is 0 Å². The van der Waals surface area contributed by atoms with E-state index in [4.69, 9.17) is 14.5 Å². The van der Waals surface area contributed by atoms with Crippen molar-refractivity contribution in [3.63, 3.8) is 0 Å². The molecule has 1 aliphatic heterocycles. The third-order valence-corrected chi connectivity index (χ3v) is 2.02. The van der Waals surface area contributed by atoms with Crippen molar-refractivity contribution in [2.75, 3.05) is 6.61 Å². The van der Waals surface area contributed by atoms with E-state index in [9.17, 15) is 0 Å². The maximum atomic E-state index is 5.53. The van der Waals surface area contributed by atoms with Crippen LogP contribution in [0.2, 0.25) is 0 Å². The van der Waals surface area contributed by atoms with Crippen LogP contribution in [0.4, 0.5) is 0 Å². The molecule has 2 rings (SSSR count). The predicted molar refractivity (Wildman–Crippen MR) is 51.4 cm³/mol. The fraction of sp³-hybridized carbons (Fsp3) is 0.455. The number of ether oxygens (including phenoxy) is 1. The maximum Gasteiger partial charge on any atom is 0.217 e. The number of hydrogen-bond donors (Lipinski definition) is 0. The Bertz CT molecular complexity index is 285. The molecule has 0 bridgehead atoms. The highest BCUT2D eigenvalue weighted by atomic mass is 17.2. The molecule has 0 radical (unpaired) electrons. The van der Waals surface area contributed by atoms with Crippen LogP contribution in [0.3, 0.4) is 0 Å². The minimum atomic E-state index is -0.399. The van der Waals surface area contributed by atoms with Gasteiger partial charge in [0.05, 0.1) is 6.61 Å². The number of rotatable bonds is 1. The van der Waals surface area contributed by atoms with Gasteiger partial charge in [-0.2, -0.15) is 4.89 Å². The fourth-order valence-corrected chi connectivity index (χ4v) is 1.26. The first kappa shape index (κ1) is 9.65. The zero-order chi connectivity index (χ0) is 10.0. The lowest BCUT2D eigenvalue weighted by Crippen LogP contribution is -2.37. The van der Waals surface area contributed by atoms with E-state index in [2.05, 4.69) is 0 Å². The topological polar surface area (TPSA) is 27.7 Å². The first-order chi connectivity index (χ1) is 6.67. The monoisotopic (exact) mass is 194 g/mol. The van der Waals surface area contributed by atoms with Gasteiger partial charge in [-0.05, 0) is 13.8 Å². The first-order valence-corrected chi connectivity index (χ1v) is 4.68. The van der Waals surface area contributed by atoms with Gasteiger partial charge in [0, 0.05) is 5.56 Å². The highest BCUT2D eigenvalue weighted by Gasteiger charge is 2.30. The van der Waals surface area contributed by atoms with Crippen molar-refractivity contribution in [2.24, 2.45) is 0 Å². The maximum absolute atomic E-state index is 5.53. The largest absolute Gasteiger partial charge is 0.343 e. The Balaban J connectivity index is 2.03. The number of benzene rings is 1. The summed E-state index contributed by atoms with van der Waals surface area (Å²) in [4.78, 5) is 10.4. The normalized spacial score (nSPS) is 26.0. The molecule has 1 unspecified atom stereocenters. The van der Waals surface area contributed by atoms with Crippen LogP contribution in [0.25, 0.3) is 0 Å². The molecule has 76 valence electrons. The van der Waals surface area contributed by atoms with E-state index in [0.29, 0.717) is 6.61 Å². The Kier molecular flexibility index (Phi) is 2.54. The Morgan fingerprint density at radius 2 is 1.93 bits per heavy atom. The summed E-state index contributed by atoms with van der Waals surface area (Å²) in [6.45, 7) is 4.38. The molecule has 0 spiro atoms. The molecule has 0 aromatic heterocycles. The van der Waals surface area contributed by atoms with Crippen LogP contribution in [0.15, 0.2) is 30.3 Å². The predicted octanol–water partition coefficient (Wildman–Crippen LogP) is 2.44. The molecule has 0 saturated carbocycles. The van der Waals surface area contributed by atoms with Gasteiger partial charge in [0.1, 0.15) is 5.60 Å². The molecule has 14 heavy (non-hydrogen) atoms. The van der Waals surface area contributed by atoms with Gasteiger partial charge >= 0.3 is 0 Å². The Morgan fingerprint density at radius 3 is 2.50 bits per heavy atom. The van der Waals surface area contributed by atoms with Gasteiger partial charge in [-0.3, -0.25) is 0 Å². The highest BCUT2D eigenvalue weighted by molar-refractivity contribution is 5.15. The molecule has 0 aliphatic carbocycles. The SMILES string of the molecule is CC1(C)COC(c2ccccc2)OO1. The standard InChI is InChI=1S/C11H14O3/c1-11(2)8-12-10(13-14-11)9-6-4-3-5-7-9/h3-7,10H,8H2,1-2H3. The van der Waals surface area contributed by atoms with Crippen LogP contribution < -0.4 is 0 Å². The lowest BCUT2D eigenvalue weighted by molar-refractivity contribution is -0.469. The summed E-state index contributed by atoms with van der Waals surface area (Å²) in [6.07, 6.45) is -0.399. The average Bonchev–Trinajstić information content (AvgIpc) is 2.19. The fourth-order valence-electron chi connectivity index (χ4n) is 1.26. The Labute approximate surface area is 83.5 Å². The van der Waals surface area contributed by atoms with Crippen LogP contribution in [0.1, 0.15) is 25.7 Å². The van der Waals surface area contributed by atoms with E-state index in [1.54, 1.807) is 0 Å². The van der Waals surface area contributed by atoms with E-state index in [1.807, 2.05) is 44.2 Å². The second-order valence-corrected chi connectivity index (χ2v) is 3.99. The van der Waals surface area contributed by atoms with E-state index in [1.165, 1.54) is 0 Å². The molecule has 3 nitrogen and oxygen atoms in total. The summed E-state index contributed by atoms with van der Waals surface area (Å²) >= 11 is 0. The van der Waals surface area contributed by atoms with Crippen molar-refractivity contribution in [2.45, 2.75) is 25.7 Å². The van der Waals surface area contributed by atoms with Gasteiger partial charge in [0.15, 0.2) is 0 Å². The lowest BCUT2D eigenvalue weighted by atomic mass is 10.1. The summed E-state index contributed by atoms with van der Waals surface area (Å²) in [7, 11) is 0. The van der Waals surface area contributed by atoms with E-state index in [-0.39, 0.29) is 5.60 Å². The minimum Gasteiger partial charge on any atom is -0.343 e. The number of hydrogen-bond acceptors (Lipinski definition) is 3. The molecule has 1 aliphatic rings. The zero-order valence-electron chi connectivity index (χ0n) is 8.40. The van der Waals surface area contributed by atoms with Gasteiger partial charge in [-0.15, -0.1) is 0 Å². The van der Waals surface area contributed by atoms with Crippen LogP contribution in [0.5, 0.6) is 0 Å². The van der Waals surface area contributed by atoms with Crippen molar-refractivity contribution in [3.05, 3.63) is 35.9 Å². The summed E-state index contributed by atoms with van der Waals surface area (Å²) in [5.74, 6) is 0. The van der Waals surface area contributed by atoms with Gasteiger partial charge in [-0.25, -0.2) is 4.89 Å². The summed E-state index contributed by atoms with van der Waals surface area (Å²) in [5, 5.41) is 0. The first-order valence-electron chi connectivity index (χ1n) is 4.68. The molecule has 1 heterocycles. The zero-order valence-corrected chi connectivity index (χ0v) is 8.40. The van der Waals surface area contributed by atoms with Crippen molar-refractivity contribution < 1.29 is 14.5 Å². The van der Waals surface area contributed by atoms with Crippen LogP contribution in [0, 0.1) is 0 Å². The molecule has 3 heteroatoms. The third-order valence-electron chi connectivity index (χ3n) is 2.02. The van der Waals surface area contributed by atoms with Crippen LogP contribution >= 0.6 is 0 Å². The average molecular weight is 194 g/mol. The highest BCUT2D eigenvalue weighted by Crippen LogP contribution is 2.28. The lowest BCUT2D eigenvalue weighted by Gasteiger charge is -2.33. The molecule has 1 atom stereocenters. The Morgan fingerprint density at radius 1 is 1.21 bits per heavy atom. The third kappa shape index (κ3) is 2.12. The van der Waals surface area contributed by atoms with Gasteiger partial charge in [0.2, 0.25) is 6.29 Å². The second kappa shape index (κ2) is 3.69. The molecule has 1 aromatic rings. The smallest absolute Gasteiger partial charge is 0.217 e. The molecule has 1 fully saturated rings. The van der Waals surface area contributed by atoms with E-state index >= 15 is 0 Å². The molecular formula is C11H14O3. The van der Waals surface area contributed by atoms with E-state index in [0.717, 1.165) is 5.56 Å². The second-order valence-electron chi connectivity index (χ2n) is 3.99. The molecular weight excluding hydrogens is 180 g/mol. The quantitative estimate of drug-likeness (QED) is 0.643. The summed E-state index contributed by atoms with van der Waals surface area (Å²) in [5.41, 5.74) is 0.619. The molecule has 1 saturated heterocycles. The van der Waals surface area contributed by atoms with Crippen molar-refractivity contribution in [1.29, 1.82) is 0 Å². The molecule has 0 N–H and O–H groups in total. The summed E-state index contributed by atoms with van der Waals surface area (Å²) < 4.78 is 5.53. The van der Waals surface area contributed by atoms with E-state index < -0.39 is 6.29 Å². The van der Waals surface area contributed by atoms with Gasteiger partial charge in [0.25, 0.3) is 0 Å². The molecule has 1 aromatic carbocycles. The van der Waals surface area contributed by atoms with Crippen LogP contribution in [-0.4, -0.2) is 12.2 Å². The van der Waals surface area contributed by atoms with Crippen LogP contribution in [-0.2, 0) is 14.5 Å². The Hall–Kier alpha value is -0.900. The molecule has 0 amide bonds. The minimum absolute atomic E-state index is 0.356. The van der Waals surface area contributed by atoms with Crippen molar-refractivity contribution in [1.82, 2.24) is 0 Å². The van der Waals surface area contributed by atoms with Gasteiger partial charge < -0.3 is 4.74 Å². The van der Waals surface area contributed by atoms with Gasteiger partial charge in [-0.1, -0.05) is 30.3 Å².